The van der Waals surface area contributed by atoms with Crippen LogP contribution in [0.25, 0.3) is 0 Å². The Morgan fingerprint density at radius 3 is 3.00 bits per heavy atom. The molecule has 1 saturated heterocycles. The molecule has 1 aliphatic rings. The molecule has 3 N–H and O–H groups in total. The van der Waals surface area contributed by atoms with Gasteiger partial charge in [0.15, 0.2) is 0 Å². The van der Waals surface area contributed by atoms with Gasteiger partial charge in [-0.3, -0.25) is 0 Å². The third-order valence-electron chi connectivity index (χ3n) is 2.44. The summed E-state index contributed by atoms with van der Waals surface area (Å²) in [7, 11) is 0. The van der Waals surface area contributed by atoms with Crippen molar-refractivity contribution in [2.75, 3.05) is 13.1 Å². The summed E-state index contributed by atoms with van der Waals surface area (Å²) in [5.41, 5.74) is 0. The number of aliphatic hydroxyl groups excluding tert-OH is 1. The number of hydrogen-bond donors (Lipinski definition) is 3. The van der Waals surface area contributed by atoms with Gasteiger partial charge in [-0.15, -0.1) is 0 Å². The van der Waals surface area contributed by atoms with E-state index in [1.165, 1.54) is 12.8 Å². The minimum atomic E-state index is -0.237. The third-order valence-corrected chi connectivity index (χ3v) is 2.44. The van der Waals surface area contributed by atoms with E-state index in [0.29, 0.717) is 18.6 Å². The van der Waals surface area contributed by atoms with E-state index in [0.717, 1.165) is 6.54 Å². The molecule has 0 aliphatic carbocycles. The Bertz CT molecular complexity index is 128. The molecule has 1 aliphatic heterocycles. The van der Waals surface area contributed by atoms with Crippen LogP contribution in [-0.4, -0.2) is 36.4 Å². The van der Waals surface area contributed by atoms with Gasteiger partial charge in [0.05, 0.1) is 6.10 Å². The van der Waals surface area contributed by atoms with E-state index in [1.807, 2.05) is 6.92 Å². The van der Waals surface area contributed by atoms with Gasteiger partial charge in [-0.05, 0) is 33.2 Å². The number of piperidine rings is 1. The van der Waals surface area contributed by atoms with Crippen molar-refractivity contribution in [2.24, 2.45) is 0 Å². The van der Waals surface area contributed by atoms with E-state index in [-0.39, 0.29) is 6.10 Å². The molecule has 0 amide bonds. The predicted molar refractivity (Wildman–Crippen MR) is 50.2 cm³/mol. The first-order chi connectivity index (χ1) is 5.70. The maximum atomic E-state index is 9.09. The average molecular weight is 172 g/mol. The first kappa shape index (κ1) is 9.96. The summed E-state index contributed by atoms with van der Waals surface area (Å²) in [5, 5.41) is 15.9. The van der Waals surface area contributed by atoms with Gasteiger partial charge in [-0.1, -0.05) is 0 Å². The lowest BCUT2D eigenvalue weighted by atomic mass is 10.00. The zero-order chi connectivity index (χ0) is 8.97. The van der Waals surface area contributed by atoms with Crippen LogP contribution in [0.4, 0.5) is 0 Å². The van der Waals surface area contributed by atoms with Gasteiger partial charge in [0.25, 0.3) is 0 Å². The minimum absolute atomic E-state index is 0.237. The van der Waals surface area contributed by atoms with Crippen molar-refractivity contribution >= 4 is 0 Å². The molecule has 3 unspecified atom stereocenters. The second kappa shape index (κ2) is 4.80. The summed E-state index contributed by atoms with van der Waals surface area (Å²) >= 11 is 0. The Morgan fingerprint density at radius 2 is 2.42 bits per heavy atom. The smallest absolute Gasteiger partial charge is 0.0636 e. The highest BCUT2D eigenvalue weighted by atomic mass is 16.3. The summed E-state index contributed by atoms with van der Waals surface area (Å²) in [6.45, 7) is 5.84. The summed E-state index contributed by atoms with van der Waals surface area (Å²) in [6.07, 6.45) is 2.22. The lowest BCUT2D eigenvalue weighted by molar-refractivity contribution is 0.177. The molecule has 0 radical (unpaired) electrons. The van der Waals surface area contributed by atoms with Gasteiger partial charge in [0, 0.05) is 18.6 Å². The topological polar surface area (TPSA) is 44.3 Å². The van der Waals surface area contributed by atoms with Crippen LogP contribution in [0.1, 0.15) is 26.7 Å². The molecule has 1 rings (SSSR count). The van der Waals surface area contributed by atoms with E-state index < -0.39 is 0 Å². The van der Waals surface area contributed by atoms with Crippen LogP contribution < -0.4 is 10.6 Å². The summed E-state index contributed by atoms with van der Waals surface area (Å²) in [6, 6.07) is 1.07. The second-order valence-electron chi connectivity index (χ2n) is 3.75. The van der Waals surface area contributed by atoms with Crippen molar-refractivity contribution in [2.45, 2.75) is 44.9 Å². The maximum Gasteiger partial charge on any atom is 0.0636 e. The van der Waals surface area contributed by atoms with Gasteiger partial charge in [0.1, 0.15) is 0 Å². The zero-order valence-electron chi connectivity index (χ0n) is 8.01. The number of rotatable bonds is 3. The molecule has 0 spiro atoms. The van der Waals surface area contributed by atoms with Crippen LogP contribution in [0.2, 0.25) is 0 Å². The molecule has 72 valence electrons. The molecule has 3 atom stereocenters. The molecule has 12 heavy (non-hydrogen) atoms. The van der Waals surface area contributed by atoms with Crippen LogP contribution in [0.3, 0.4) is 0 Å². The molecule has 0 aromatic heterocycles. The van der Waals surface area contributed by atoms with Crippen LogP contribution in [-0.2, 0) is 0 Å². The highest BCUT2D eigenvalue weighted by molar-refractivity contribution is 4.83. The fourth-order valence-corrected chi connectivity index (χ4v) is 1.64. The minimum Gasteiger partial charge on any atom is -0.392 e. The Labute approximate surface area is 74.5 Å². The molecule has 0 saturated carbocycles. The lowest BCUT2D eigenvalue weighted by Gasteiger charge is -2.31. The SMILES string of the molecule is CC(O)CNC1CCCNC1C. The quantitative estimate of drug-likeness (QED) is 0.565. The standard InChI is InChI=1S/C9H20N2O/c1-7(12)6-11-9-4-3-5-10-8(9)2/h7-12H,3-6H2,1-2H3. The van der Waals surface area contributed by atoms with Crippen molar-refractivity contribution in [3.8, 4) is 0 Å². The van der Waals surface area contributed by atoms with E-state index in [4.69, 9.17) is 5.11 Å². The number of hydrogen-bond acceptors (Lipinski definition) is 3. The third kappa shape index (κ3) is 3.09. The first-order valence-electron chi connectivity index (χ1n) is 4.85. The summed E-state index contributed by atoms with van der Waals surface area (Å²) in [5.74, 6) is 0. The second-order valence-corrected chi connectivity index (χ2v) is 3.75. The van der Waals surface area contributed by atoms with Crippen molar-refractivity contribution in [1.29, 1.82) is 0 Å². The van der Waals surface area contributed by atoms with Crippen molar-refractivity contribution in [3.63, 3.8) is 0 Å². The van der Waals surface area contributed by atoms with Gasteiger partial charge < -0.3 is 15.7 Å². The van der Waals surface area contributed by atoms with Gasteiger partial charge >= 0.3 is 0 Å². The molecule has 3 nitrogen and oxygen atoms in total. The van der Waals surface area contributed by atoms with Gasteiger partial charge in [-0.2, -0.15) is 0 Å². The Kier molecular flexibility index (Phi) is 3.98. The van der Waals surface area contributed by atoms with Gasteiger partial charge in [0.2, 0.25) is 0 Å². The zero-order valence-corrected chi connectivity index (χ0v) is 8.01. The van der Waals surface area contributed by atoms with Crippen LogP contribution in [0, 0.1) is 0 Å². The summed E-state index contributed by atoms with van der Waals surface area (Å²) in [4.78, 5) is 0. The highest BCUT2D eigenvalue weighted by Gasteiger charge is 2.19. The highest BCUT2D eigenvalue weighted by Crippen LogP contribution is 2.07. The summed E-state index contributed by atoms with van der Waals surface area (Å²) < 4.78 is 0. The van der Waals surface area contributed by atoms with Crippen molar-refractivity contribution < 1.29 is 5.11 Å². The van der Waals surface area contributed by atoms with E-state index in [1.54, 1.807) is 0 Å². The molecule has 3 heteroatoms. The fraction of sp³-hybridized carbons (Fsp3) is 1.00. The molecule has 0 aromatic carbocycles. The van der Waals surface area contributed by atoms with Crippen molar-refractivity contribution in [3.05, 3.63) is 0 Å². The first-order valence-corrected chi connectivity index (χ1v) is 4.85. The van der Waals surface area contributed by atoms with Gasteiger partial charge in [-0.25, -0.2) is 0 Å². The Morgan fingerprint density at radius 1 is 1.67 bits per heavy atom. The monoisotopic (exact) mass is 172 g/mol. The molecule has 0 aromatic rings. The molecular weight excluding hydrogens is 152 g/mol. The van der Waals surface area contributed by atoms with Crippen LogP contribution >= 0.6 is 0 Å². The normalized spacial score (nSPS) is 33.2. The fourth-order valence-electron chi connectivity index (χ4n) is 1.64. The molecule has 1 fully saturated rings. The maximum absolute atomic E-state index is 9.09. The van der Waals surface area contributed by atoms with Crippen molar-refractivity contribution in [1.82, 2.24) is 10.6 Å². The number of aliphatic hydroxyl groups is 1. The molecule has 0 bridgehead atoms. The number of nitrogens with one attached hydrogen (secondary N) is 2. The van der Waals surface area contributed by atoms with E-state index in [9.17, 15) is 0 Å². The largest absolute Gasteiger partial charge is 0.392 e. The molecular formula is C9H20N2O. The van der Waals surface area contributed by atoms with E-state index >= 15 is 0 Å². The lowest BCUT2D eigenvalue weighted by Crippen LogP contribution is -2.51. The average Bonchev–Trinajstić information content (AvgIpc) is 2.03. The van der Waals surface area contributed by atoms with E-state index in [2.05, 4.69) is 17.6 Å². The predicted octanol–water partition coefficient (Wildman–Crippen LogP) is 0.0973. The Hall–Kier alpha value is -0.120. The van der Waals surface area contributed by atoms with Crippen LogP contribution in [0.5, 0.6) is 0 Å². The molecule has 1 heterocycles. The van der Waals surface area contributed by atoms with Crippen LogP contribution in [0.15, 0.2) is 0 Å². The Balaban J connectivity index is 2.20.